The molecule has 2 rings (SSSR count). The summed E-state index contributed by atoms with van der Waals surface area (Å²) in [4.78, 5) is 9.80. The average Bonchev–Trinajstić information content (AvgIpc) is 2.87. The SMILES string of the molecule is O=C(O)[C@@H]1CN(S(=O)(=O)c2cc(F)ccc2F)C[C@H]1C(F)(F)F. The third-order valence-electron chi connectivity index (χ3n) is 3.54. The molecule has 11 heteroatoms. The molecule has 5 nitrogen and oxygen atoms in total. The van der Waals surface area contributed by atoms with Crippen molar-refractivity contribution in [1.82, 2.24) is 4.31 Å². The maximum atomic E-state index is 13.6. The predicted octanol–water partition coefficient (Wildman–Crippen LogP) is 1.85. The molecular formula is C12H10F5NO4S. The average molecular weight is 359 g/mol. The van der Waals surface area contributed by atoms with E-state index >= 15 is 0 Å². The smallest absolute Gasteiger partial charge is 0.393 e. The lowest BCUT2D eigenvalue weighted by Crippen LogP contribution is -2.34. The van der Waals surface area contributed by atoms with Gasteiger partial charge in [-0.15, -0.1) is 0 Å². The van der Waals surface area contributed by atoms with Crippen LogP contribution >= 0.6 is 0 Å². The zero-order valence-electron chi connectivity index (χ0n) is 11.2. The number of hydrogen-bond donors (Lipinski definition) is 1. The number of benzene rings is 1. The van der Waals surface area contributed by atoms with E-state index in [2.05, 4.69) is 0 Å². The summed E-state index contributed by atoms with van der Waals surface area (Å²) in [5, 5.41) is 8.84. The normalized spacial score (nSPS) is 23.2. The molecule has 0 spiro atoms. The van der Waals surface area contributed by atoms with E-state index in [9.17, 15) is 35.2 Å². The fourth-order valence-electron chi connectivity index (χ4n) is 2.36. The lowest BCUT2D eigenvalue weighted by Gasteiger charge is -2.18. The molecule has 128 valence electrons. The van der Waals surface area contributed by atoms with Crippen LogP contribution in [0.3, 0.4) is 0 Å². The van der Waals surface area contributed by atoms with Crippen LogP contribution in [0, 0.1) is 23.5 Å². The van der Waals surface area contributed by atoms with Gasteiger partial charge in [-0.2, -0.15) is 17.5 Å². The van der Waals surface area contributed by atoms with Crippen LogP contribution in [-0.4, -0.2) is 43.1 Å². The van der Waals surface area contributed by atoms with Crippen molar-refractivity contribution < 1.29 is 40.3 Å². The first-order valence-corrected chi connectivity index (χ1v) is 7.63. The second-order valence-electron chi connectivity index (χ2n) is 4.99. The van der Waals surface area contributed by atoms with Gasteiger partial charge in [-0.05, 0) is 18.2 Å². The third kappa shape index (κ3) is 3.29. The van der Waals surface area contributed by atoms with E-state index in [0.717, 1.165) is 0 Å². The van der Waals surface area contributed by atoms with E-state index in [-0.39, 0.29) is 4.31 Å². The van der Waals surface area contributed by atoms with Gasteiger partial charge in [0.1, 0.15) is 16.5 Å². The number of aliphatic carboxylic acids is 1. The first kappa shape index (κ1) is 17.6. The van der Waals surface area contributed by atoms with Gasteiger partial charge < -0.3 is 5.11 Å². The van der Waals surface area contributed by atoms with Gasteiger partial charge in [0.25, 0.3) is 0 Å². The molecule has 23 heavy (non-hydrogen) atoms. The Morgan fingerprint density at radius 3 is 2.30 bits per heavy atom. The van der Waals surface area contributed by atoms with Gasteiger partial charge in [0, 0.05) is 13.1 Å². The summed E-state index contributed by atoms with van der Waals surface area (Å²) in [6.45, 7) is -2.14. The van der Waals surface area contributed by atoms with Crippen molar-refractivity contribution in [3.8, 4) is 0 Å². The highest BCUT2D eigenvalue weighted by atomic mass is 32.2. The van der Waals surface area contributed by atoms with Crippen LogP contribution in [0.2, 0.25) is 0 Å². The molecule has 1 aromatic carbocycles. The van der Waals surface area contributed by atoms with Gasteiger partial charge in [0.05, 0.1) is 11.8 Å². The van der Waals surface area contributed by atoms with Crippen molar-refractivity contribution in [1.29, 1.82) is 0 Å². The van der Waals surface area contributed by atoms with Crippen LogP contribution in [0.5, 0.6) is 0 Å². The van der Waals surface area contributed by atoms with Crippen LogP contribution in [-0.2, 0) is 14.8 Å². The number of rotatable bonds is 3. The van der Waals surface area contributed by atoms with E-state index in [4.69, 9.17) is 5.11 Å². The summed E-state index contributed by atoms with van der Waals surface area (Å²) in [6.07, 6.45) is -4.94. The van der Waals surface area contributed by atoms with Crippen molar-refractivity contribution in [3.05, 3.63) is 29.8 Å². The molecule has 1 aromatic rings. The fourth-order valence-corrected chi connectivity index (χ4v) is 3.93. The minimum Gasteiger partial charge on any atom is -0.481 e. The Kier molecular flexibility index (Phi) is 4.37. The Balaban J connectivity index is 2.42. The number of hydrogen-bond acceptors (Lipinski definition) is 3. The van der Waals surface area contributed by atoms with Gasteiger partial charge in [-0.1, -0.05) is 0 Å². The minimum absolute atomic E-state index is 0.210. The van der Waals surface area contributed by atoms with Crippen molar-refractivity contribution in [2.45, 2.75) is 11.1 Å². The highest BCUT2D eigenvalue weighted by Crippen LogP contribution is 2.39. The largest absolute Gasteiger partial charge is 0.481 e. The standard InChI is InChI=1S/C12H10F5NO4S/c13-6-1-2-9(14)10(3-6)23(21,22)18-4-7(11(19)20)8(5-18)12(15,16)17/h1-3,7-8H,4-5H2,(H,19,20)/t7-,8-/m1/s1. The summed E-state index contributed by atoms with van der Waals surface area (Å²) in [5.41, 5.74) is 0. The van der Waals surface area contributed by atoms with Gasteiger partial charge in [0.2, 0.25) is 10.0 Å². The Hall–Kier alpha value is -1.75. The maximum absolute atomic E-state index is 13.6. The molecule has 0 amide bonds. The molecule has 1 fully saturated rings. The number of sulfonamides is 1. The zero-order valence-corrected chi connectivity index (χ0v) is 12.0. The number of carboxylic acids is 1. The number of carboxylic acid groups (broad SMARTS) is 1. The Morgan fingerprint density at radius 2 is 1.83 bits per heavy atom. The molecule has 0 bridgehead atoms. The van der Waals surface area contributed by atoms with E-state index in [0.29, 0.717) is 18.2 Å². The summed E-state index contributed by atoms with van der Waals surface area (Å²) in [6, 6.07) is 1.51. The van der Waals surface area contributed by atoms with Crippen molar-refractivity contribution in [2.24, 2.45) is 11.8 Å². The summed E-state index contributed by atoms with van der Waals surface area (Å²) >= 11 is 0. The van der Waals surface area contributed by atoms with E-state index in [1.807, 2.05) is 0 Å². The Labute approximate surface area is 127 Å². The minimum atomic E-state index is -4.94. The molecular weight excluding hydrogens is 349 g/mol. The molecule has 0 unspecified atom stereocenters. The second kappa shape index (κ2) is 5.71. The maximum Gasteiger partial charge on any atom is 0.393 e. The summed E-state index contributed by atoms with van der Waals surface area (Å²) in [5.74, 6) is -8.68. The number of nitrogens with zero attached hydrogens (tertiary/aromatic N) is 1. The van der Waals surface area contributed by atoms with Gasteiger partial charge in [-0.25, -0.2) is 17.2 Å². The van der Waals surface area contributed by atoms with Crippen LogP contribution in [0.4, 0.5) is 22.0 Å². The summed E-state index contributed by atoms with van der Waals surface area (Å²) < 4.78 is 89.9. The molecule has 1 saturated heterocycles. The lowest BCUT2D eigenvalue weighted by atomic mass is 9.96. The van der Waals surface area contributed by atoms with E-state index in [1.54, 1.807) is 0 Å². The summed E-state index contributed by atoms with van der Waals surface area (Å²) in [7, 11) is -4.80. The highest BCUT2D eigenvalue weighted by molar-refractivity contribution is 7.89. The second-order valence-corrected chi connectivity index (χ2v) is 6.90. The monoisotopic (exact) mass is 359 g/mol. The number of halogens is 5. The molecule has 0 aliphatic carbocycles. The molecule has 1 aliphatic rings. The van der Waals surface area contributed by atoms with Crippen LogP contribution in [0.25, 0.3) is 0 Å². The molecule has 0 aromatic heterocycles. The molecule has 1 N–H and O–H groups in total. The predicted molar refractivity (Wildman–Crippen MR) is 65.8 cm³/mol. The molecule has 2 atom stereocenters. The van der Waals surface area contributed by atoms with Crippen molar-refractivity contribution >= 4 is 16.0 Å². The topological polar surface area (TPSA) is 74.7 Å². The van der Waals surface area contributed by atoms with E-state index < -0.39 is 63.6 Å². The van der Waals surface area contributed by atoms with Crippen LogP contribution in [0.15, 0.2) is 23.1 Å². The fraction of sp³-hybridized carbons (Fsp3) is 0.417. The Morgan fingerprint density at radius 1 is 1.22 bits per heavy atom. The number of alkyl halides is 3. The van der Waals surface area contributed by atoms with Crippen molar-refractivity contribution in [3.63, 3.8) is 0 Å². The van der Waals surface area contributed by atoms with Crippen molar-refractivity contribution in [2.75, 3.05) is 13.1 Å². The van der Waals surface area contributed by atoms with Crippen LogP contribution < -0.4 is 0 Å². The van der Waals surface area contributed by atoms with E-state index in [1.165, 1.54) is 0 Å². The molecule has 0 saturated carbocycles. The zero-order chi connectivity index (χ0) is 17.6. The third-order valence-corrected chi connectivity index (χ3v) is 5.38. The molecule has 0 radical (unpaired) electrons. The van der Waals surface area contributed by atoms with Gasteiger partial charge >= 0.3 is 12.1 Å². The molecule has 1 heterocycles. The van der Waals surface area contributed by atoms with Crippen LogP contribution in [0.1, 0.15) is 0 Å². The van der Waals surface area contributed by atoms with Gasteiger partial charge in [-0.3, -0.25) is 4.79 Å². The Bertz CT molecular complexity index is 733. The first-order chi connectivity index (χ1) is 10.4. The van der Waals surface area contributed by atoms with Gasteiger partial charge in [0.15, 0.2) is 0 Å². The quantitative estimate of drug-likeness (QED) is 0.836. The number of carbonyl (C=O) groups is 1. The first-order valence-electron chi connectivity index (χ1n) is 6.19. The molecule has 1 aliphatic heterocycles. The lowest BCUT2D eigenvalue weighted by molar-refractivity contribution is -0.187. The highest BCUT2D eigenvalue weighted by Gasteiger charge is 2.55.